The molecule has 0 aliphatic carbocycles. The Kier molecular flexibility index (Phi) is 3.49. The Morgan fingerprint density at radius 1 is 1.50 bits per heavy atom. The number of ether oxygens (including phenoxy) is 1. The van der Waals surface area contributed by atoms with E-state index in [4.69, 9.17) is 0 Å². The molecule has 0 aromatic heterocycles. The summed E-state index contributed by atoms with van der Waals surface area (Å²) in [5.74, 6) is -3.63. The van der Waals surface area contributed by atoms with E-state index in [1.165, 1.54) is 6.92 Å². The van der Waals surface area contributed by atoms with Gasteiger partial charge in [0.2, 0.25) is 0 Å². The minimum absolute atomic E-state index is 0.0627. The second-order valence-electron chi connectivity index (χ2n) is 2.76. The van der Waals surface area contributed by atoms with E-state index >= 15 is 0 Å². The van der Waals surface area contributed by atoms with Gasteiger partial charge >= 0.3 is 5.97 Å². The number of nitro groups is 1. The van der Waals surface area contributed by atoms with Crippen molar-refractivity contribution < 1.29 is 23.2 Å². The van der Waals surface area contributed by atoms with E-state index in [1.807, 2.05) is 0 Å². The van der Waals surface area contributed by atoms with Crippen molar-refractivity contribution in [3.63, 3.8) is 0 Å². The molecule has 16 heavy (non-hydrogen) atoms. The predicted molar refractivity (Wildman–Crippen MR) is 49.0 cm³/mol. The number of halogens is 2. The number of nitrogens with zero attached hydrogens (tertiary/aromatic N) is 1. The standard InChI is InChI=1S/C9H7F2NO4/c1-2-16-9(13)8-6(11)3-5(10)4-7(8)12(14)15/h3-4H,2H2,1H3. The number of carbonyl (C=O) groups is 1. The van der Waals surface area contributed by atoms with Gasteiger partial charge in [-0.25, -0.2) is 13.6 Å². The molecule has 0 radical (unpaired) electrons. The van der Waals surface area contributed by atoms with Crippen molar-refractivity contribution in [1.29, 1.82) is 0 Å². The fourth-order valence-electron chi connectivity index (χ4n) is 1.11. The van der Waals surface area contributed by atoms with E-state index in [1.54, 1.807) is 0 Å². The first kappa shape index (κ1) is 12.0. The molecule has 0 fully saturated rings. The zero-order valence-electron chi connectivity index (χ0n) is 8.20. The second-order valence-corrected chi connectivity index (χ2v) is 2.76. The quantitative estimate of drug-likeness (QED) is 0.453. The fraction of sp³-hybridized carbons (Fsp3) is 0.222. The molecule has 0 spiro atoms. The third-order valence-electron chi connectivity index (χ3n) is 1.71. The highest BCUT2D eigenvalue weighted by atomic mass is 19.1. The molecule has 0 saturated carbocycles. The lowest BCUT2D eigenvalue weighted by Gasteiger charge is -2.04. The maximum atomic E-state index is 13.2. The third kappa shape index (κ3) is 2.30. The molecule has 0 amide bonds. The van der Waals surface area contributed by atoms with Crippen molar-refractivity contribution in [2.45, 2.75) is 6.92 Å². The summed E-state index contributed by atoms with van der Waals surface area (Å²) >= 11 is 0. The van der Waals surface area contributed by atoms with Crippen LogP contribution in [0.4, 0.5) is 14.5 Å². The average molecular weight is 231 g/mol. The monoisotopic (exact) mass is 231 g/mol. The first-order valence-electron chi connectivity index (χ1n) is 4.28. The number of hydrogen-bond acceptors (Lipinski definition) is 4. The summed E-state index contributed by atoms with van der Waals surface area (Å²) in [6, 6.07) is 0.856. The van der Waals surface area contributed by atoms with Crippen molar-refractivity contribution in [2.24, 2.45) is 0 Å². The van der Waals surface area contributed by atoms with Crippen molar-refractivity contribution in [3.8, 4) is 0 Å². The summed E-state index contributed by atoms with van der Waals surface area (Å²) < 4.78 is 30.4. The summed E-state index contributed by atoms with van der Waals surface area (Å²) in [5.41, 5.74) is -1.82. The predicted octanol–water partition coefficient (Wildman–Crippen LogP) is 2.05. The summed E-state index contributed by atoms with van der Waals surface area (Å²) in [7, 11) is 0. The second kappa shape index (κ2) is 4.65. The molecule has 1 aromatic rings. The number of rotatable bonds is 3. The normalized spacial score (nSPS) is 9.94. The van der Waals surface area contributed by atoms with Crippen LogP contribution in [0.15, 0.2) is 12.1 Å². The molecule has 5 nitrogen and oxygen atoms in total. The first-order chi connectivity index (χ1) is 7.47. The summed E-state index contributed by atoms with van der Waals surface area (Å²) in [6.07, 6.45) is 0. The van der Waals surface area contributed by atoms with Crippen LogP contribution in [0.1, 0.15) is 17.3 Å². The van der Waals surface area contributed by atoms with Crippen LogP contribution in [-0.4, -0.2) is 17.5 Å². The van der Waals surface area contributed by atoms with Gasteiger partial charge in [-0.2, -0.15) is 0 Å². The van der Waals surface area contributed by atoms with E-state index in [9.17, 15) is 23.7 Å². The molecule has 0 bridgehead atoms. The minimum Gasteiger partial charge on any atom is -0.462 e. The lowest BCUT2D eigenvalue weighted by atomic mass is 10.1. The van der Waals surface area contributed by atoms with Crippen LogP contribution in [0.3, 0.4) is 0 Å². The van der Waals surface area contributed by atoms with E-state index in [0.717, 1.165) is 0 Å². The van der Waals surface area contributed by atoms with Crippen molar-refractivity contribution in [1.82, 2.24) is 0 Å². The Morgan fingerprint density at radius 3 is 2.62 bits per heavy atom. The Labute approximate surface area is 88.8 Å². The summed E-state index contributed by atoms with van der Waals surface area (Å²) in [5, 5.41) is 10.5. The number of carbonyl (C=O) groups excluding carboxylic acids is 1. The van der Waals surface area contributed by atoms with Crippen LogP contribution >= 0.6 is 0 Å². The van der Waals surface area contributed by atoms with Gasteiger partial charge in [0.15, 0.2) is 5.56 Å². The van der Waals surface area contributed by atoms with Gasteiger partial charge in [-0.05, 0) is 6.92 Å². The Bertz CT molecular complexity index is 447. The zero-order valence-corrected chi connectivity index (χ0v) is 8.20. The highest BCUT2D eigenvalue weighted by molar-refractivity contribution is 5.94. The third-order valence-corrected chi connectivity index (χ3v) is 1.71. The lowest BCUT2D eigenvalue weighted by molar-refractivity contribution is -0.385. The van der Waals surface area contributed by atoms with E-state index in [-0.39, 0.29) is 6.61 Å². The van der Waals surface area contributed by atoms with Gasteiger partial charge in [-0.1, -0.05) is 0 Å². The molecular formula is C9H7F2NO4. The van der Waals surface area contributed by atoms with Crippen LogP contribution in [0.25, 0.3) is 0 Å². The Morgan fingerprint density at radius 2 is 2.12 bits per heavy atom. The smallest absolute Gasteiger partial charge is 0.348 e. The Hall–Kier alpha value is -2.05. The molecule has 7 heteroatoms. The molecule has 86 valence electrons. The van der Waals surface area contributed by atoms with E-state index < -0.39 is 33.8 Å². The maximum absolute atomic E-state index is 13.2. The highest BCUT2D eigenvalue weighted by Gasteiger charge is 2.27. The Balaban J connectivity index is 3.35. The largest absolute Gasteiger partial charge is 0.462 e. The van der Waals surface area contributed by atoms with E-state index in [2.05, 4.69) is 4.74 Å². The highest BCUT2D eigenvalue weighted by Crippen LogP contribution is 2.24. The lowest BCUT2D eigenvalue weighted by Crippen LogP contribution is -2.11. The number of hydrogen-bond donors (Lipinski definition) is 0. The van der Waals surface area contributed by atoms with Gasteiger partial charge in [-0.15, -0.1) is 0 Å². The van der Waals surface area contributed by atoms with Gasteiger partial charge in [0.25, 0.3) is 5.69 Å². The molecule has 0 N–H and O–H groups in total. The van der Waals surface area contributed by atoms with E-state index in [0.29, 0.717) is 12.1 Å². The molecule has 0 unspecified atom stereocenters. The van der Waals surface area contributed by atoms with Crippen LogP contribution in [-0.2, 0) is 4.74 Å². The molecule has 0 atom stereocenters. The molecule has 1 rings (SSSR count). The van der Waals surface area contributed by atoms with Crippen molar-refractivity contribution in [3.05, 3.63) is 39.4 Å². The molecule has 0 saturated heterocycles. The van der Waals surface area contributed by atoms with Gasteiger partial charge in [0.05, 0.1) is 17.6 Å². The van der Waals surface area contributed by atoms with Crippen molar-refractivity contribution in [2.75, 3.05) is 6.61 Å². The number of esters is 1. The van der Waals surface area contributed by atoms with Gasteiger partial charge in [0.1, 0.15) is 11.6 Å². The summed E-state index contributed by atoms with van der Waals surface area (Å²) in [4.78, 5) is 20.7. The van der Waals surface area contributed by atoms with Gasteiger partial charge < -0.3 is 4.74 Å². The number of nitro benzene ring substituents is 1. The SMILES string of the molecule is CCOC(=O)c1c(F)cc(F)cc1[N+](=O)[O-]. The van der Waals surface area contributed by atoms with Gasteiger partial charge in [0, 0.05) is 6.07 Å². The van der Waals surface area contributed by atoms with Crippen LogP contribution in [0.2, 0.25) is 0 Å². The van der Waals surface area contributed by atoms with Crippen LogP contribution < -0.4 is 0 Å². The fourth-order valence-corrected chi connectivity index (χ4v) is 1.11. The van der Waals surface area contributed by atoms with Crippen LogP contribution in [0, 0.1) is 21.7 Å². The minimum atomic E-state index is -1.31. The molecular weight excluding hydrogens is 224 g/mol. The molecule has 0 aliphatic rings. The molecule has 1 aromatic carbocycles. The van der Waals surface area contributed by atoms with Gasteiger partial charge in [-0.3, -0.25) is 10.1 Å². The zero-order chi connectivity index (χ0) is 12.3. The summed E-state index contributed by atoms with van der Waals surface area (Å²) in [6.45, 7) is 1.40. The van der Waals surface area contributed by atoms with Crippen LogP contribution in [0.5, 0.6) is 0 Å². The maximum Gasteiger partial charge on any atom is 0.348 e. The first-order valence-corrected chi connectivity index (χ1v) is 4.28. The van der Waals surface area contributed by atoms with Crippen molar-refractivity contribution >= 4 is 11.7 Å². The average Bonchev–Trinajstić information content (AvgIpc) is 2.16. The topological polar surface area (TPSA) is 69.4 Å². The molecule has 0 heterocycles. The number of benzene rings is 1. The molecule has 0 aliphatic heterocycles.